The number of anilines is 1. The first kappa shape index (κ1) is 24.3. The second-order valence-electron chi connectivity index (χ2n) is 8.49. The number of hydrogen-bond donors (Lipinski definition) is 4. The minimum Gasteiger partial charge on any atom is -0.396 e. The summed E-state index contributed by atoms with van der Waals surface area (Å²) in [7, 11) is 1.73. The molecule has 1 heterocycles. The van der Waals surface area contributed by atoms with Gasteiger partial charge < -0.3 is 26.3 Å². The average Bonchev–Trinajstić information content (AvgIpc) is 2.78. The van der Waals surface area contributed by atoms with Gasteiger partial charge in [0.05, 0.1) is 23.6 Å². The largest absolute Gasteiger partial charge is 0.396 e. The maximum Gasteiger partial charge on any atom is 0.227 e. The van der Waals surface area contributed by atoms with E-state index in [9.17, 15) is 9.59 Å². The molecule has 2 amide bonds. The van der Waals surface area contributed by atoms with E-state index in [1.54, 1.807) is 11.9 Å². The number of fused-ring (bicyclic) bond motifs is 2. The Labute approximate surface area is 195 Å². The first-order valence-corrected chi connectivity index (χ1v) is 11.3. The Morgan fingerprint density at radius 3 is 2.39 bits per heavy atom. The van der Waals surface area contributed by atoms with Gasteiger partial charge in [0.2, 0.25) is 11.8 Å². The van der Waals surface area contributed by atoms with Gasteiger partial charge in [0.15, 0.2) is 0 Å². The van der Waals surface area contributed by atoms with Gasteiger partial charge in [-0.05, 0) is 11.6 Å². The highest BCUT2D eigenvalue weighted by molar-refractivity contribution is 6.01. The number of rotatable bonds is 8. The lowest BCUT2D eigenvalue weighted by Gasteiger charge is -2.32. The van der Waals surface area contributed by atoms with Crippen molar-refractivity contribution >= 4 is 28.9 Å². The molecule has 0 bridgehead atoms. The fraction of sp³-hybridized carbons (Fsp3) is 0.360. The van der Waals surface area contributed by atoms with Crippen molar-refractivity contribution in [1.82, 2.24) is 15.6 Å². The first-order chi connectivity index (χ1) is 15.8. The van der Waals surface area contributed by atoms with Crippen molar-refractivity contribution < 1.29 is 9.59 Å². The summed E-state index contributed by atoms with van der Waals surface area (Å²) in [6.45, 7) is 5.68. The predicted octanol–water partition coefficient (Wildman–Crippen LogP) is 2.02. The highest BCUT2D eigenvalue weighted by Gasteiger charge is 2.27. The average molecular weight is 451 g/mol. The van der Waals surface area contributed by atoms with Crippen LogP contribution in [0.15, 0.2) is 48.5 Å². The quantitative estimate of drug-likeness (QED) is 0.278. The summed E-state index contributed by atoms with van der Waals surface area (Å²) in [6, 6.07) is 15.7. The molecule has 0 saturated carbocycles. The van der Waals surface area contributed by atoms with Crippen LogP contribution in [0.1, 0.15) is 43.4 Å². The van der Waals surface area contributed by atoms with Crippen LogP contribution in [-0.4, -0.2) is 43.0 Å². The Bertz CT molecular complexity index is 1030. The number of amides is 2. The fourth-order valence-corrected chi connectivity index (χ4v) is 3.97. The molecule has 0 fully saturated rings. The third-order valence-electron chi connectivity index (χ3n) is 5.56. The summed E-state index contributed by atoms with van der Waals surface area (Å²) in [5.74, 6) is 5.91. The van der Waals surface area contributed by atoms with Gasteiger partial charge in [-0.3, -0.25) is 9.59 Å². The van der Waals surface area contributed by atoms with E-state index in [4.69, 9.17) is 11.6 Å². The molecule has 0 saturated heterocycles. The van der Waals surface area contributed by atoms with E-state index in [-0.39, 0.29) is 24.7 Å². The zero-order chi connectivity index (χ0) is 24.0. The van der Waals surface area contributed by atoms with Crippen LogP contribution in [0.25, 0.3) is 11.4 Å². The molecule has 0 aromatic heterocycles. The number of nitrogens with one attached hydrogen (secondary N) is 2. The van der Waals surface area contributed by atoms with Crippen molar-refractivity contribution in [3.8, 4) is 0 Å². The molecule has 6 N–H and O–H groups in total. The highest BCUT2D eigenvalue weighted by Crippen LogP contribution is 2.36. The second kappa shape index (κ2) is 11.0. The Hall–Kier alpha value is -3.36. The number of carbonyl (C=O) groups excluding carboxylic acids is 2. The van der Waals surface area contributed by atoms with Crippen molar-refractivity contribution in [1.29, 1.82) is 0 Å². The number of hydrogen-bond acceptors (Lipinski definition) is 6. The molecule has 2 aromatic rings. The maximum absolute atomic E-state index is 13.4. The van der Waals surface area contributed by atoms with Gasteiger partial charge in [-0.1, -0.05) is 56.3 Å². The van der Waals surface area contributed by atoms with Gasteiger partial charge in [-0.25, -0.2) is 5.84 Å². The Morgan fingerprint density at radius 2 is 1.70 bits per heavy atom. The molecule has 0 aliphatic carbocycles. The van der Waals surface area contributed by atoms with Gasteiger partial charge >= 0.3 is 0 Å². The van der Waals surface area contributed by atoms with Crippen LogP contribution in [-0.2, 0) is 16.1 Å². The summed E-state index contributed by atoms with van der Waals surface area (Å²) in [4.78, 5) is 27.3. The van der Waals surface area contributed by atoms with Crippen molar-refractivity contribution in [2.45, 2.75) is 39.3 Å². The van der Waals surface area contributed by atoms with E-state index in [1.165, 1.54) is 5.01 Å². The van der Waals surface area contributed by atoms with Gasteiger partial charge in [0.1, 0.15) is 0 Å². The molecule has 2 aromatic carbocycles. The highest BCUT2D eigenvalue weighted by atomic mass is 16.2. The van der Waals surface area contributed by atoms with Gasteiger partial charge in [-0.2, -0.15) is 0 Å². The molecule has 3 rings (SSSR count). The van der Waals surface area contributed by atoms with Crippen LogP contribution >= 0.6 is 0 Å². The Morgan fingerprint density at radius 1 is 1.03 bits per heavy atom. The van der Waals surface area contributed by atoms with Crippen LogP contribution in [0, 0.1) is 0 Å². The van der Waals surface area contributed by atoms with E-state index < -0.39 is 0 Å². The molecule has 8 nitrogen and oxygen atoms in total. The molecular formula is C25H34N6O2. The summed E-state index contributed by atoms with van der Waals surface area (Å²) in [5, 5.41) is 7.59. The third kappa shape index (κ3) is 5.91. The van der Waals surface area contributed by atoms with E-state index in [2.05, 4.69) is 24.5 Å². The van der Waals surface area contributed by atoms with Crippen molar-refractivity contribution in [2.75, 3.05) is 25.0 Å². The van der Waals surface area contributed by atoms with E-state index in [0.29, 0.717) is 42.8 Å². The molecule has 33 heavy (non-hydrogen) atoms. The summed E-state index contributed by atoms with van der Waals surface area (Å²) in [5.41, 5.74) is 11.0. The van der Waals surface area contributed by atoms with Crippen molar-refractivity contribution in [3.63, 3.8) is 0 Å². The van der Waals surface area contributed by atoms with Gasteiger partial charge in [0.25, 0.3) is 0 Å². The van der Waals surface area contributed by atoms with E-state index >= 15 is 0 Å². The zero-order valence-electron chi connectivity index (χ0n) is 19.6. The minimum atomic E-state index is -0.138. The molecule has 0 spiro atoms. The van der Waals surface area contributed by atoms with Crippen LogP contribution in [0.4, 0.5) is 5.69 Å². The topological polar surface area (TPSA) is 117 Å². The number of nitrogens with two attached hydrogens (primary N) is 2. The second-order valence-corrected chi connectivity index (χ2v) is 8.49. The number of hydrazine groups is 1. The lowest BCUT2D eigenvalue weighted by molar-refractivity contribution is -0.125. The third-order valence-corrected chi connectivity index (χ3v) is 5.56. The van der Waals surface area contributed by atoms with Crippen LogP contribution < -0.4 is 27.1 Å². The Balaban J connectivity index is 1.85. The maximum atomic E-state index is 13.4. The van der Waals surface area contributed by atoms with E-state index in [1.807, 2.05) is 48.5 Å². The van der Waals surface area contributed by atoms with Crippen molar-refractivity contribution in [3.05, 3.63) is 65.2 Å². The SMILES string of the molecule is CC(C)NCCNC(=O)CCC(=O)N1Cc2ccccc2/C(N)=C(/N(C)N)c2ccccc21. The molecular weight excluding hydrogens is 416 g/mol. The molecule has 8 heteroatoms. The molecule has 1 aliphatic rings. The number of para-hydroxylation sites is 1. The molecule has 0 radical (unpaired) electrons. The smallest absolute Gasteiger partial charge is 0.227 e. The zero-order valence-corrected chi connectivity index (χ0v) is 19.6. The van der Waals surface area contributed by atoms with Crippen molar-refractivity contribution in [2.24, 2.45) is 11.6 Å². The standard InChI is InChI=1S/C25H34N6O2/c1-17(2)28-14-15-29-22(32)12-13-23(33)31-16-18-8-4-5-9-19(18)24(26)25(30(3)27)20-10-6-7-11-21(20)31/h4-11,17,28H,12-16,26-27H2,1-3H3,(H,29,32)/b25-24-. The first-order valence-electron chi connectivity index (χ1n) is 11.3. The lowest BCUT2D eigenvalue weighted by atomic mass is 9.95. The molecule has 0 unspecified atom stereocenters. The van der Waals surface area contributed by atoms with Gasteiger partial charge in [0, 0.05) is 50.1 Å². The monoisotopic (exact) mass is 450 g/mol. The fourth-order valence-electron chi connectivity index (χ4n) is 3.97. The summed E-state index contributed by atoms with van der Waals surface area (Å²) in [6.07, 6.45) is 0.232. The summed E-state index contributed by atoms with van der Waals surface area (Å²) >= 11 is 0. The summed E-state index contributed by atoms with van der Waals surface area (Å²) < 4.78 is 0. The number of benzene rings is 2. The normalized spacial score (nSPS) is 15.4. The van der Waals surface area contributed by atoms with Gasteiger partial charge in [-0.15, -0.1) is 0 Å². The Kier molecular flexibility index (Phi) is 8.08. The lowest BCUT2D eigenvalue weighted by Crippen LogP contribution is -2.37. The number of nitrogens with zero attached hydrogens (tertiary/aromatic N) is 2. The molecule has 1 aliphatic heterocycles. The minimum absolute atomic E-state index is 0.104. The van der Waals surface area contributed by atoms with E-state index in [0.717, 1.165) is 16.7 Å². The molecule has 176 valence electrons. The van der Waals surface area contributed by atoms with Crippen LogP contribution in [0.2, 0.25) is 0 Å². The molecule has 0 atom stereocenters. The predicted molar refractivity (Wildman–Crippen MR) is 132 cm³/mol. The van der Waals surface area contributed by atoms with Crippen LogP contribution in [0.3, 0.4) is 0 Å². The number of carbonyl (C=O) groups is 2. The van der Waals surface area contributed by atoms with Crippen LogP contribution in [0.5, 0.6) is 0 Å².